The highest BCUT2D eigenvalue weighted by Gasteiger charge is 2.03. The molecule has 1 aromatic heterocycles. The molecule has 2 aromatic carbocycles. The van der Waals surface area contributed by atoms with Gasteiger partial charge in [-0.15, -0.1) is 11.3 Å². The predicted molar refractivity (Wildman–Crippen MR) is 95.7 cm³/mol. The molecule has 0 atom stereocenters. The van der Waals surface area contributed by atoms with Gasteiger partial charge in [-0.05, 0) is 28.9 Å². The molecule has 3 rings (SSSR count). The SMILES string of the molecule is Oc1csc(=S)n1Cc1ccc(C=Cc2ccccc2)cc1. The summed E-state index contributed by atoms with van der Waals surface area (Å²) in [6, 6.07) is 18.5. The van der Waals surface area contributed by atoms with Crippen LogP contribution >= 0.6 is 23.6 Å². The van der Waals surface area contributed by atoms with E-state index in [0.717, 1.165) is 11.1 Å². The zero-order valence-electron chi connectivity index (χ0n) is 11.8. The Hall–Kier alpha value is -2.17. The molecule has 22 heavy (non-hydrogen) atoms. The van der Waals surface area contributed by atoms with Gasteiger partial charge in [-0.25, -0.2) is 0 Å². The van der Waals surface area contributed by atoms with Gasteiger partial charge in [0.1, 0.15) is 0 Å². The summed E-state index contributed by atoms with van der Waals surface area (Å²) in [6.45, 7) is 0.594. The number of hydrogen-bond donors (Lipinski definition) is 1. The Balaban J connectivity index is 1.73. The predicted octanol–water partition coefficient (Wildman–Crippen LogP) is 5.20. The Bertz CT molecular complexity index is 830. The molecule has 2 nitrogen and oxygen atoms in total. The van der Waals surface area contributed by atoms with Crippen molar-refractivity contribution in [2.75, 3.05) is 0 Å². The highest BCUT2D eigenvalue weighted by Crippen LogP contribution is 2.19. The van der Waals surface area contributed by atoms with Gasteiger partial charge in [-0.3, -0.25) is 4.57 Å². The fourth-order valence-corrected chi connectivity index (χ4v) is 3.06. The van der Waals surface area contributed by atoms with Crippen LogP contribution in [0.15, 0.2) is 60.0 Å². The summed E-state index contributed by atoms with van der Waals surface area (Å²) in [6.07, 6.45) is 4.18. The third-order valence-corrected chi connectivity index (χ3v) is 4.61. The van der Waals surface area contributed by atoms with E-state index < -0.39 is 0 Å². The molecule has 0 aliphatic heterocycles. The van der Waals surface area contributed by atoms with Crippen LogP contribution in [0.4, 0.5) is 0 Å². The lowest BCUT2D eigenvalue weighted by atomic mass is 10.1. The van der Waals surface area contributed by atoms with E-state index >= 15 is 0 Å². The molecule has 4 heteroatoms. The topological polar surface area (TPSA) is 25.2 Å². The van der Waals surface area contributed by atoms with Crippen LogP contribution in [-0.2, 0) is 6.54 Å². The Kier molecular flexibility index (Phi) is 4.51. The zero-order chi connectivity index (χ0) is 15.4. The molecule has 110 valence electrons. The van der Waals surface area contributed by atoms with Crippen LogP contribution in [0.2, 0.25) is 0 Å². The summed E-state index contributed by atoms with van der Waals surface area (Å²) in [7, 11) is 0. The number of nitrogens with zero attached hydrogens (tertiary/aromatic N) is 1. The molecule has 0 amide bonds. The minimum absolute atomic E-state index is 0.225. The summed E-state index contributed by atoms with van der Waals surface area (Å²) < 4.78 is 2.42. The van der Waals surface area contributed by atoms with Crippen LogP contribution in [0.25, 0.3) is 12.2 Å². The molecular weight excluding hydrogens is 310 g/mol. The molecule has 0 saturated heterocycles. The highest BCUT2D eigenvalue weighted by atomic mass is 32.1. The normalized spacial score (nSPS) is 11.1. The molecule has 0 aliphatic rings. The summed E-state index contributed by atoms with van der Waals surface area (Å²) in [5.74, 6) is 0.225. The number of rotatable bonds is 4. The molecule has 0 aliphatic carbocycles. The second-order valence-electron chi connectivity index (χ2n) is 4.93. The summed E-state index contributed by atoms with van der Waals surface area (Å²) in [5.41, 5.74) is 3.44. The van der Waals surface area contributed by atoms with E-state index in [1.165, 1.54) is 16.9 Å². The van der Waals surface area contributed by atoms with Crippen molar-refractivity contribution < 1.29 is 5.11 Å². The molecule has 0 fully saturated rings. The fraction of sp³-hybridized carbons (Fsp3) is 0.0556. The molecule has 0 radical (unpaired) electrons. The first kappa shape index (κ1) is 14.8. The van der Waals surface area contributed by atoms with E-state index in [4.69, 9.17) is 12.2 Å². The Labute approximate surface area is 138 Å². The van der Waals surface area contributed by atoms with Crippen molar-refractivity contribution in [2.45, 2.75) is 6.54 Å². The summed E-state index contributed by atoms with van der Waals surface area (Å²) in [5, 5.41) is 11.4. The van der Waals surface area contributed by atoms with Crippen LogP contribution in [0.3, 0.4) is 0 Å². The van der Waals surface area contributed by atoms with Gasteiger partial charge in [-0.1, -0.05) is 66.7 Å². The first-order valence-electron chi connectivity index (χ1n) is 6.92. The zero-order valence-corrected chi connectivity index (χ0v) is 13.5. The van der Waals surface area contributed by atoms with E-state index in [9.17, 15) is 5.11 Å². The quantitative estimate of drug-likeness (QED) is 0.526. The van der Waals surface area contributed by atoms with Gasteiger partial charge in [0, 0.05) is 0 Å². The lowest BCUT2D eigenvalue weighted by Gasteiger charge is -2.05. The van der Waals surface area contributed by atoms with Crippen LogP contribution in [0.1, 0.15) is 16.7 Å². The first-order valence-corrected chi connectivity index (χ1v) is 8.20. The van der Waals surface area contributed by atoms with Gasteiger partial charge >= 0.3 is 0 Å². The van der Waals surface area contributed by atoms with Gasteiger partial charge in [-0.2, -0.15) is 0 Å². The molecule has 1 heterocycles. The van der Waals surface area contributed by atoms with Gasteiger partial charge in [0.25, 0.3) is 0 Å². The molecule has 3 aromatic rings. The second-order valence-corrected chi connectivity index (χ2v) is 6.43. The molecular formula is C18H15NOS2. The number of hydrogen-bond acceptors (Lipinski definition) is 3. The van der Waals surface area contributed by atoms with Gasteiger partial charge < -0.3 is 5.11 Å². The molecule has 0 unspecified atom stereocenters. The molecule has 0 spiro atoms. The number of benzene rings is 2. The monoisotopic (exact) mass is 325 g/mol. The van der Waals surface area contributed by atoms with Crippen molar-refractivity contribution in [3.63, 3.8) is 0 Å². The van der Waals surface area contributed by atoms with Crippen molar-refractivity contribution in [1.82, 2.24) is 4.57 Å². The average Bonchev–Trinajstić information content (AvgIpc) is 2.87. The largest absolute Gasteiger partial charge is 0.494 e. The second kappa shape index (κ2) is 6.73. The van der Waals surface area contributed by atoms with Crippen molar-refractivity contribution in [3.8, 4) is 5.88 Å². The molecule has 0 saturated carbocycles. The fourth-order valence-electron chi connectivity index (χ4n) is 2.14. The van der Waals surface area contributed by atoms with E-state index in [1.54, 1.807) is 9.95 Å². The maximum atomic E-state index is 9.75. The van der Waals surface area contributed by atoms with Crippen molar-refractivity contribution in [2.24, 2.45) is 0 Å². The van der Waals surface area contributed by atoms with Crippen molar-refractivity contribution >= 4 is 35.7 Å². The Morgan fingerprint density at radius 3 is 2.18 bits per heavy atom. The number of aromatic hydroxyl groups is 1. The van der Waals surface area contributed by atoms with Crippen LogP contribution in [0, 0.1) is 3.95 Å². The Morgan fingerprint density at radius 1 is 0.955 bits per heavy atom. The molecule has 0 bridgehead atoms. The minimum Gasteiger partial charge on any atom is -0.494 e. The van der Waals surface area contributed by atoms with Crippen molar-refractivity contribution in [3.05, 3.63) is 80.6 Å². The summed E-state index contributed by atoms with van der Waals surface area (Å²) >= 11 is 6.58. The van der Waals surface area contributed by atoms with E-state index in [-0.39, 0.29) is 5.88 Å². The lowest BCUT2D eigenvalue weighted by Crippen LogP contribution is -1.98. The number of aromatic nitrogens is 1. The third-order valence-electron chi connectivity index (χ3n) is 3.35. The van der Waals surface area contributed by atoms with Crippen molar-refractivity contribution in [1.29, 1.82) is 0 Å². The maximum Gasteiger partial charge on any atom is 0.203 e. The minimum atomic E-state index is 0.225. The lowest BCUT2D eigenvalue weighted by molar-refractivity contribution is 0.423. The third kappa shape index (κ3) is 3.53. The first-order chi connectivity index (χ1) is 10.7. The van der Waals surface area contributed by atoms with Crippen LogP contribution in [0.5, 0.6) is 5.88 Å². The van der Waals surface area contributed by atoms with Crippen LogP contribution in [-0.4, -0.2) is 9.67 Å². The summed E-state index contributed by atoms with van der Waals surface area (Å²) in [4.78, 5) is 0. The Morgan fingerprint density at radius 2 is 1.59 bits per heavy atom. The van der Waals surface area contributed by atoms with Crippen LogP contribution < -0.4 is 0 Å². The van der Waals surface area contributed by atoms with E-state index in [0.29, 0.717) is 10.5 Å². The van der Waals surface area contributed by atoms with Gasteiger partial charge in [0.15, 0.2) is 3.95 Å². The number of thiazole rings is 1. The van der Waals surface area contributed by atoms with E-state index in [2.05, 4.69) is 48.6 Å². The smallest absolute Gasteiger partial charge is 0.203 e. The highest BCUT2D eigenvalue weighted by molar-refractivity contribution is 7.73. The van der Waals surface area contributed by atoms with Gasteiger partial charge in [0.05, 0.1) is 11.9 Å². The average molecular weight is 325 g/mol. The van der Waals surface area contributed by atoms with Gasteiger partial charge in [0.2, 0.25) is 5.88 Å². The van der Waals surface area contributed by atoms with E-state index in [1.807, 2.05) is 18.2 Å². The molecule has 1 N–H and O–H groups in total. The maximum absolute atomic E-state index is 9.75. The standard InChI is InChI=1S/C18H15NOS2/c20-17-13-22-18(21)19(17)12-16-10-8-15(9-11-16)7-6-14-4-2-1-3-5-14/h1-11,13,20H,12H2.